The Hall–Kier alpha value is -3.09. The Morgan fingerprint density at radius 3 is 2.63 bits per heavy atom. The summed E-state index contributed by atoms with van der Waals surface area (Å²) in [7, 11) is 0. The summed E-state index contributed by atoms with van der Waals surface area (Å²) in [4.78, 5) is 9.05. The first-order valence-corrected chi connectivity index (χ1v) is 10.6. The van der Waals surface area contributed by atoms with Gasteiger partial charge in [-0.25, -0.2) is 9.98 Å². The number of hydrogen-bond acceptors (Lipinski definition) is 3. The molecule has 2 N–H and O–H groups in total. The van der Waals surface area contributed by atoms with Gasteiger partial charge in [0.15, 0.2) is 5.96 Å². The van der Waals surface area contributed by atoms with E-state index in [0.29, 0.717) is 6.54 Å². The van der Waals surface area contributed by atoms with Crippen molar-refractivity contribution in [3.63, 3.8) is 0 Å². The molecule has 0 aliphatic heterocycles. The van der Waals surface area contributed by atoms with Gasteiger partial charge in [-0.3, -0.25) is 4.68 Å². The van der Waals surface area contributed by atoms with Crippen molar-refractivity contribution < 1.29 is 0 Å². The molecule has 0 amide bonds. The van der Waals surface area contributed by atoms with Crippen molar-refractivity contribution in [1.82, 2.24) is 30.0 Å². The van der Waals surface area contributed by atoms with E-state index in [0.717, 1.165) is 50.1 Å². The van der Waals surface area contributed by atoms with Crippen molar-refractivity contribution in [3.8, 4) is 0 Å². The van der Waals surface area contributed by atoms with Crippen LogP contribution in [0.4, 0.5) is 0 Å². The number of guanidine groups is 1. The molecule has 0 atom stereocenters. The van der Waals surface area contributed by atoms with E-state index in [2.05, 4.69) is 74.1 Å². The number of aryl methyl sites for hydroxylation is 4. The summed E-state index contributed by atoms with van der Waals surface area (Å²) in [5.74, 6) is 1.87. The zero-order chi connectivity index (χ0) is 21.3. The van der Waals surface area contributed by atoms with E-state index in [9.17, 15) is 0 Å². The molecular weight excluding hydrogens is 374 g/mol. The lowest BCUT2D eigenvalue weighted by Gasteiger charge is -2.12. The Morgan fingerprint density at radius 2 is 1.93 bits per heavy atom. The van der Waals surface area contributed by atoms with Crippen molar-refractivity contribution in [3.05, 3.63) is 71.1 Å². The summed E-state index contributed by atoms with van der Waals surface area (Å²) in [5, 5.41) is 11.3. The van der Waals surface area contributed by atoms with Crippen LogP contribution in [0, 0.1) is 20.8 Å². The highest BCUT2D eigenvalue weighted by Crippen LogP contribution is 2.10. The van der Waals surface area contributed by atoms with Crippen LogP contribution in [0.25, 0.3) is 0 Å². The maximum absolute atomic E-state index is 4.76. The van der Waals surface area contributed by atoms with Gasteiger partial charge >= 0.3 is 0 Å². The van der Waals surface area contributed by atoms with Crippen molar-refractivity contribution in [2.24, 2.45) is 4.99 Å². The second-order valence-corrected chi connectivity index (χ2v) is 7.55. The standard InChI is InChI=1S/C23H33N7/c1-5-24-23(26-10-7-12-30-19(3)14-18(2)28-30)27-16-21-8-6-9-22(15-21)17-29-13-11-25-20(29)4/h6,8-9,11,13-15H,5,7,10,12,16-17H2,1-4H3,(H2,24,26,27). The first kappa shape index (κ1) is 21.6. The minimum Gasteiger partial charge on any atom is -0.357 e. The molecular formula is C23H33N7. The average Bonchev–Trinajstić information content (AvgIpc) is 3.27. The molecule has 7 nitrogen and oxygen atoms in total. The van der Waals surface area contributed by atoms with Gasteiger partial charge in [-0.2, -0.15) is 5.10 Å². The number of aliphatic imine (C=N–C) groups is 1. The van der Waals surface area contributed by atoms with Crippen LogP contribution in [0.1, 0.15) is 41.7 Å². The van der Waals surface area contributed by atoms with Gasteiger partial charge in [0.2, 0.25) is 0 Å². The van der Waals surface area contributed by atoms with E-state index in [-0.39, 0.29) is 0 Å². The van der Waals surface area contributed by atoms with Crippen LogP contribution >= 0.6 is 0 Å². The van der Waals surface area contributed by atoms with Gasteiger partial charge in [0.05, 0.1) is 12.2 Å². The molecule has 0 fully saturated rings. The van der Waals surface area contributed by atoms with Crippen LogP contribution in [0.2, 0.25) is 0 Å². The molecule has 0 unspecified atom stereocenters. The number of nitrogens with zero attached hydrogens (tertiary/aromatic N) is 5. The van der Waals surface area contributed by atoms with Crippen LogP contribution < -0.4 is 10.6 Å². The molecule has 0 radical (unpaired) electrons. The quantitative estimate of drug-likeness (QED) is 0.325. The fraction of sp³-hybridized carbons (Fsp3) is 0.435. The fourth-order valence-electron chi connectivity index (χ4n) is 3.44. The number of nitrogens with one attached hydrogen (secondary N) is 2. The van der Waals surface area contributed by atoms with E-state index in [4.69, 9.17) is 4.99 Å². The number of hydrogen-bond donors (Lipinski definition) is 2. The highest BCUT2D eigenvalue weighted by molar-refractivity contribution is 5.79. The SMILES string of the molecule is CCNC(=NCc1cccc(Cn2ccnc2C)c1)NCCCn1nc(C)cc1C. The first-order chi connectivity index (χ1) is 14.5. The number of benzene rings is 1. The smallest absolute Gasteiger partial charge is 0.191 e. The first-order valence-electron chi connectivity index (χ1n) is 10.6. The number of aromatic nitrogens is 4. The van der Waals surface area contributed by atoms with Crippen molar-refractivity contribution in [2.45, 2.75) is 53.8 Å². The monoisotopic (exact) mass is 407 g/mol. The summed E-state index contributed by atoms with van der Waals surface area (Å²) in [5.41, 5.74) is 4.73. The van der Waals surface area contributed by atoms with E-state index in [1.54, 1.807) is 0 Å². The van der Waals surface area contributed by atoms with Crippen LogP contribution in [-0.4, -0.2) is 38.4 Å². The summed E-state index contributed by atoms with van der Waals surface area (Å²) in [6.07, 6.45) is 4.85. The molecule has 0 spiro atoms. The molecule has 7 heteroatoms. The van der Waals surface area contributed by atoms with Crippen molar-refractivity contribution >= 4 is 5.96 Å². The summed E-state index contributed by atoms with van der Waals surface area (Å²) in [6.45, 7) is 12.3. The lowest BCUT2D eigenvalue weighted by Crippen LogP contribution is -2.38. The van der Waals surface area contributed by atoms with Crippen molar-refractivity contribution in [2.75, 3.05) is 13.1 Å². The average molecular weight is 408 g/mol. The van der Waals surface area contributed by atoms with E-state index in [1.165, 1.54) is 16.8 Å². The Morgan fingerprint density at radius 1 is 1.10 bits per heavy atom. The molecule has 2 heterocycles. The van der Waals surface area contributed by atoms with Gasteiger partial charge in [-0.15, -0.1) is 0 Å². The van der Waals surface area contributed by atoms with Gasteiger partial charge in [0.1, 0.15) is 5.82 Å². The predicted octanol–water partition coefficient (Wildman–Crippen LogP) is 3.20. The molecule has 0 bridgehead atoms. The molecule has 3 aromatic rings. The molecule has 3 rings (SSSR count). The number of rotatable bonds is 9. The van der Waals surface area contributed by atoms with Crippen molar-refractivity contribution in [1.29, 1.82) is 0 Å². The van der Waals surface area contributed by atoms with Gasteiger partial charge in [0, 0.05) is 44.3 Å². The third-order valence-electron chi connectivity index (χ3n) is 4.97. The molecule has 0 saturated carbocycles. The molecule has 2 aromatic heterocycles. The molecule has 160 valence electrons. The van der Waals surface area contributed by atoms with Crippen LogP contribution in [-0.2, 0) is 19.6 Å². The van der Waals surface area contributed by atoms with Crippen LogP contribution in [0.15, 0.2) is 47.7 Å². The second-order valence-electron chi connectivity index (χ2n) is 7.55. The largest absolute Gasteiger partial charge is 0.357 e. The third kappa shape index (κ3) is 6.20. The highest BCUT2D eigenvalue weighted by atomic mass is 15.3. The molecule has 30 heavy (non-hydrogen) atoms. The molecule has 0 saturated heterocycles. The van der Waals surface area contributed by atoms with Gasteiger partial charge in [-0.05, 0) is 51.3 Å². The van der Waals surface area contributed by atoms with Gasteiger partial charge in [-0.1, -0.05) is 24.3 Å². The third-order valence-corrected chi connectivity index (χ3v) is 4.97. The Kier molecular flexibility index (Phi) is 7.65. The Balaban J connectivity index is 1.53. The lowest BCUT2D eigenvalue weighted by atomic mass is 10.1. The summed E-state index contributed by atoms with van der Waals surface area (Å²) in [6, 6.07) is 10.7. The fourth-order valence-corrected chi connectivity index (χ4v) is 3.44. The zero-order valence-electron chi connectivity index (χ0n) is 18.5. The van der Waals surface area contributed by atoms with E-state index >= 15 is 0 Å². The minimum atomic E-state index is 0.642. The lowest BCUT2D eigenvalue weighted by molar-refractivity contribution is 0.555. The van der Waals surface area contributed by atoms with Crippen LogP contribution in [0.5, 0.6) is 0 Å². The van der Waals surface area contributed by atoms with Crippen LogP contribution in [0.3, 0.4) is 0 Å². The Bertz CT molecular complexity index is 968. The molecule has 0 aliphatic carbocycles. The summed E-state index contributed by atoms with van der Waals surface area (Å²) < 4.78 is 4.21. The zero-order valence-corrected chi connectivity index (χ0v) is 18.5. The number of imidazole rings is 1. The van der Waals surface area contributed by atoms with Gasteiger partial charge < -0.3 is 15.2 Å². The van der Waals surface area contributed by atoms with Gasteiger partial charge in [0.25, 0.3) is 0 Å². The topological polar surface area (TPSA) is 72.1 Å². The summed E-state index contributed by atoms with van der Waals surface area (Å²) >= 11 is 0. The van der Waals surface area contributed by atoms with E-state index in [1.807, 2.05) is 26.2 Å². The maximum Gasteiger partial charge on any atom is 0.191 e. The highest BCUT2D eigenvalue weighted by Gasteiger charge is 2.03. The second kappa shape index (κ2) is 10.6. The molecule has 1 aromatic carbocycles. The Labute approximate surface area is 179 Å². The normalized spacial score (nSPS) is 11.7. The minimum absolute atomic E-state index is 0.642. The molecule has 0 aliphatic rings. The van der Waals surface area contributed by atoms with E-state index < -0.39 is 0 Å². The predicted molar refractivity (Wildman–Crippen MR) is 122 cm³/mol. The maximum atomic E-state index is 4.76.